The number of hydrogen-bond acceptors (Lipinski definition) is 5. The fourth-order valence-electron chi connectivity index (χ4n) is 4.02. The number of ether oxygens (including phenoxy) is 1. The highest BCUT2D eigenvalue weighted by Crippen LogP contribution is 2.23. The zero-order valence-electron chi connectivity index (χ0n) is 16.4. The Morgan fingerprint density at radius 1 is 1.03 bits per heavy atom. The number of likely N-dealkylation sites (tertiary alicyclic amines) is 1. The highest BCUT2D eigenvalue weighted by molar-refractivity contribution is 6.21. The lowest BCUT2D eigenvalue weighted by Crippen LogP contribution is -2.37. The van der Waals surface area contributed by atoms with E-state index in [4.69, 9.17) is 4.74 Å². The highest BCUT2D eigenvalue weighted by Gasteiger charge is 2.34. The maximum atomic E-state index is 12.4. The molecule has 6 heteroatoms. The summed E-state index contributed by atoms with van der Waals surface area (Å²) in [5.41, 5.74) is 2.11. The predicted molar refractivity (Wildman–Crippen MR) is 109 cm³/mol. The third kappa shape index (κ3) is 4.49. The Balaban J connectivity index is 1.26. The van der Waals surface area contributed by atoms with Crippen LogP contribution in [0.1, 0.15) is 45.5 Å². The molecule has 1 fully saturated rings. The number of benzene rings is 2. The van der Waals surface area contributed by atoms with Gasteiger partial charge in [0.15, 0.2) is 0 Å². The molecular formula is C23H26N2O4. The van der Waals surface area contributed by atoms with Crippen LogP contribution in [-0.4, -0.2) is 59.1 Å². The number of hydrogen-bond donors (Lipinski definition) is 1. The highest BCUT2D eigenvalue weighted by atomic mass is 16.5. The first-order valence-corrected chi connectivity index (χ1v) is 10.2. The molecule has 0 aromatic heterocycles. The molecule has 0 radical (unpaired) electrons. The summed E-state index contributed by atoms with van der Waals surface area (Å²) in [6.45, 7) is 3.29. The van der Waals surface area contributed by atoms with Gasteiger partial charge >= 0.3 is 0 Å². The molecule has 152 valence electrons. The van der Waals surface area contributed by atoms with Crippen molar-refractivity contribution in [2.24, 2.45) is 0 Å². The first-order valence-electron chi connectivity index (χ1n) is 10.2. The molecule has 29 heavy (non-hydrogen) atoms. The molecule has 1 unspecified atom stereocenters. The monoisotopic (exact) mass is 394 g/mol. The van der Waals surface area contributed by atoms with Gasteiger partial charge in [-0.05, 0) is 55.6 Å². The topological polar surface area (TPSA) is 70.1 Å². The molecule has 0 bridgehead atoms. The van der Waals surface area contributed by atoms with Gasteiger partial charge in [-0.1, -0.05) is 24.3 Å². The summed E-state index contributed by atoms with van der Waals surface area (Å²) in [5.74, 6) is 0.329. The van der Waals surface area contributed by atoms with E-state index in [0.717, 1.165) is 37.2 Å². The number of nitrogens with zero attached hydrogens (tertiary/aromatic N) is 2. The number of imide groups is 1. The van der Waals surface area contributed by atoms with Gasteiger partial charge in [0.2, 0.25) is 0 Å². The molecule has 2 heterocycles. The molecule has 2 aliphatic heterocycles. The number of aliphatic hydroxyl groups excluding tert-OH is 1. The summed E-state index contributed by atoms with van der Waals surface area (Å²) in [4.78, 5) is 28.3. The third-order valence-corrected chi connectivity index (χ3v) is 5.46. The minimum absolute atomic E-state index is 0.226. The van der Waals surface area contributed by atoms with E-state index in [-0.39, 0.29) is 17.9 Å². The van der Waals surface area contributed by atoms with Gasteiger partial charge in [0.1, 0.15) is 5.75 Å². The minimum Gasteiger partial charge on any atom is -0.494 e. The largest absolute Gasteiger partial charge is 0.494 e. The summed E-state index contributed by atoms with van der Waals surface area (Å²) >= 11 is 0. The van der Waals surface area contributed by atoms with E-state index in [2.05, 4.69) is 11.0 Å². The van der Waals surface area contributed by atoms with Gasteiger partial charge in [-0.25, -0.2) is 0 Å². The van der Waals surface area contributed by atoms with Gasteiger partial charge in [0.25, 0.3) is 11.8 Å². The quantitative estimate of drug-likeness (QED) is 0.578. The van der Waals surface area contributed by atoms with Crippen molar-refractivity contribution in [3.05, 3.63) is 65.2 Å². The van der Waals surface area contributed by atoms with E-state index in [9.17, 15) is 14.7 Å². The molecular weight excluding hydrogens is 368 g/mol. The number of carbonyl (C=O) groups is 2. The lowest BCUT2D eigenvalue weighted by Gasteiger charge is -2.30. The second kappa shape index (κ2) is 8.76. The first kappa shape index (κ1) is 19.6. The molecule has 1 saturated heterocycles. The number of carbonyl (C=O) groups excluding carboxylic acids is 2. The van der Waals surface area contributed by atoms with E-state index >= 15 is 0 Å². The maximum Gasteiger partial charge on any atom is 0.261 e. The minimum atomic E-state index is -0.231. The molecule has 4 rings (SSSR count). The van der Waals surface area contributed by atoms with Gasteiger partial charge in [0, 0.05) is 19.6 Å². The van der Waals surface area contributed by atoms with Gasteiger partial charge in [-0.3, -0.25) is 19.4 Å². The molecule has 0 saturated carbocycles. The number of rotatable bonds is 7. The Hall–Kier alpha value is -2.70. The van der Waals surface area contributed by atoms with E-state index < -0.39 is 0 Å². The second-order valence-electron chi connectivity index (χ2n) is 7.69. The number of fused-ring (bicyclic) bond motifs is 1. The van der Waals surface area contributed by atoms with Crippen LogP contribution in [-0.2, 0) is 6.54 Å². The van der Waals surface area contributed by atoms with Crippen LogP contribution in [0, 0.1) is 0 Å². The van der Waals surface area contributed by atoms with Crippen LogP contribution in [0.25, 0.3) is 0 Å². The Kier molecular flexibility index (Phi) is 5.92. The summed E-state index contributed by atoms with van der Waals surface area (Å²) in [6, 6.07) is 14.9. The van der Waals surface area contributed by atoms with Crippen molar-refractivity contribution in [3.63, 3.8) is 0 Å². The summed E-state index contributed by atoms with van der Waals surface area (Å²) in [6.07, 6.45) is 2.25. The molecule has 2 aromatic rings. The molecule has 1 N–H and O–H groups in total. The smallest absolute Gasteiger partial charge is 0.261 e. The predicted octanol–water partition coefficient (Wildman–Crippen LogP) is 2.71. The Labute approximate surface area is 170 Å². The summed E-state index contributed by atoms with van der Waals surface area (Å²) < 4.78 is 5.85. The molecule has 2 amide bonds. The standard InChI is InChI=1S/C23H26N2O4/c26-18-7-4-11-24(16-18)15-17-6-3-8-19(14-17)29-13-5-12-25-22(27)20-9-1-2-10-21(20)23(25)28/h1-3,6,8-10,14,18,26H,4-5,7,11-13,15-16H2. The molecule has 2 aromatic carbocycles. The van der Waals surface area contributed by atoms with Gasteiger partial charge < -0.3 is 9.84 Å². The third-order valence-electron chi connectivity index (χ3n) is 5.46. The maximum absolute atomic E-state index is 12.4. The molecule has 1 atom stereocenters. The van der Waals surface area contributed by atoms with Crippen LogP contribution in [0.15, 0.2) is 48.5 Å². The van der Waals surface area contributed by atoms with Crippen LogP contribution in [0.2, 0.25) is 0 Å². The van der Waals surface area contributed by atoms with Crippen molar-refractivity contribution in [2.75, 3.05) is 26.2 Å². The van der Waals surface area contributed by atoms with Gasteiger partial charge in [0.05, 0.1) is 23.8 Å². The van der Waals surface area contributed by atoms with E-state index in [1.807, 2.05) is 18.2 Å². The van der Waals surface area contributed by atoms with Crippen molar-refractivity contribution >= 4 is 11.8 Å². The molecule has 0 spiro atoms. The zero-order valence-corrected chi connectivity index (χ0v) is 16.4. The number of aliphatic hydroxyl groups is 1. The zero-order chi connectivity index (χ0) is 20.2. The van der Waals surface area contributed by atoms with Crippen LogP contribution < -0.4 is 4.74 Å². The lowest BCUT2D eigenvalue weighted by atomic mass is 10.1. The molecule has 2 aliphatic rings. The lowest BCUT2D eigenvalue weighted by molar-refractivity contribution is 0.0646. The normalized spacial score (nSPS) is 19.5. The second-order valence-corrected chi connectivity index (χ2v) is 7.69. The van der Waals surface area contributed by atoms with E-state index in [1.165, 1.54) is 4.90 Å². The Bertz CT molecular complexity index is 863. The average molecular weight is 394 g/mol. The van der Waals surface area contributed by atoms with Crippen molar-refractivity contribution in [1.82, 2.24) is 9.80 Å². The summed E-state index contributed by atoms with van der Waals surface area (Å²) in [5, 5.41) is 9.82. The SMILES string of the molecule is O=C1c2ccccc2C(=O)N1CCCOc1cccc(CN2CCCC(O)C2)c1. The van der Waals surface area contributed by atoms with Crippen LogP contribution in [0.3, 0.4) is 0 Å². The Morgan fingerprint density at radius 3 is 2.52 bits per heavy atom. The number of β-amino-alcohol motifs (C(OH)–C–C–N with tert-alkyl or cyclic N) is 1. The number of piperidine rings is 1. The van der Waals surface area contributed by atoms with Crippen molar-refractivity contribution in [1.29, 1.82) is 0 Å². The van der Waals surface area contributed by atoms with Gasteiger partial charge in [-0.15, -0.1) is 0 Å². The van der Waals surface area contributed by atoms with E-state index in [1.54, 1.807) is 24.3 Å². The van der Waals surface area contributed by atoms with Crippen molar-refractivity contribution < 1.29 is 19.4 Å². The van der Waals surface area contributed by atoms with E-state index in [0.29, 0.717) is 37.2 Å². The average Bonchev–Trinajstić information content (AvgIpc) is 2.96. The number of amides is 2. The Morgan fingerprint density at radius 2 is 1.79 bits per heavy atom. The summed E-state index contributed by atoms with van der Waals surface area (Å²) in [7, 11) is 0. The van der Waals surface area contributed by atoms with Crippen LogP contribution in [0.4, 0.5) is 0 Å². The van der Waals surface area contributed by atoms with Gasteiger partial charge in [-0.2, -0.15) is 0 Å². The first-order chi connectivity index (χ1) is 14.1. The van der Waals surface area contributed by atoms with Crippen molar-refractivity contribution in [2.45, 2.75) is 31.9 Å². The fourth-order valence-corrected chi connectivity index (χ4v) is 4.02. The van der Waals surface area contributed by atoms with Crippen molar-refractivity contribution in [3.8, 4) is 5.75 Å². The molecule has 6 nitrogen and oxygen atoms in total. The molecule has 0 aliphatic carbocycles. The van der Waals surface area contributed by atoms with Crippen LogP contribution in [0.5, 0.6) is 5.75 Å². The van der Waals surface area contributed by atoms with Crippen LogP contribution >= 0.6 is 0 Å². The fraction of sp³-hybridized carbons (Fsp3) is 0.391.